The van der Waals surface area contributed by atoms with E-state index in [1.165, 1.54) is 12.8 Å². The minimum Gasteiger partial charge on any atom is -0.501 e. The number of allylic oxidation sites excluding steroid dienone is 2. The topological polar surface area (TPSA) is 9.23 Å². The molecule has 1 nitrogen and oxygen atoms in total. The van der Waals surface area contributed by atoms with Crippen molar-refractivity contribution in [1.82, 2.24) is 0 Å². The van der Waals surface area contributed by atoms with E-state index >= 15 is 0 Å². The van der Waals surface area contributed by atoms with Gasteiger partial charge in [-0.3, -0.25) is 0 Å². The van der Waals surface area contributed by atoms with Gasteiger partial charge in [-0.15, -0.1) is 0 Å². The van der Waals surface area contributed by atoms with Crippen molar-refractivity contribution in [2.24, 2.45) is 5.41 Å². The molecule has 0 saturated heterocycles. The van der Waals surface area contributed by atoms with Gasteiger partial charge in [0, 0.05) is 5.41 Å². The van der Waals surface area contributed by atoms with E-state index in [1.54, 1.807) is 7.11 Å². The van der Waals surface area contributed by atoms with Gasteiger partial charge in [0.2, 0.25) is 0 Å². The van der Waals surface area contributed by atoms with Crippen LogP contribution >= 0.6 is 0 Å². The smallest absolute Gasteiger partial charge is 0.0971 e. The van der Waals surface area contributed by atoms with E-state index in [-0.39, 0.29) is 0 Å². The number of rotatable bonds is 2. The molecule has 1 fully saturated rings. The molecule has 9 heavy (non-hydrogen) atoms. The summed E-state index contributed by atoms with van der Waals surface area (Å²) in [6, 6.07) is 0. The average molecular weight is 126 g/mol. The summed E-state index contributed by atoms with van der Waals surface area (Å²) in [6.07, 6.45) is 4.65. The Morgan fingerprint density at radius 1 is 1.56 bits per heavy atom. The molecule has 1 rings (SSSR count). The molecule has 0 spiro atoms. The summed E-state index contributed by atoms with van der Waals surface area (Å²) in [6.45, 7) is 4.27. The Morgan fingerprint density at radius 3 is 2.22 bits per heavy atom. The van der Waals surface area contributed by atoms with Crippen LogP contribution in [0.4, 0.5) is 0 Å². The van der Waals surface area contributed by atoms with E-state index < -0.39 is 0 Å². The molecular formula is C8H14O. The van der Waals surface area contributed by atoms with E-state index in [1.807, 2.05) is 6.92 Å². The molecule has 1 aliphatic carbocycles. The third-order valence-corrected chi connectivity index (χ3v) is 2.08. The molecule has 0 N–H and O–H groups in total. The van der Waals surface area contributed by atoms with Gasteiger partial charge in [0.05, 0.1) is 12.9 Å². The van der Waals surface area contributed by atoms with Gasteiger partial charge in [0.25, 0.3) is 0 Å². The minimum absolute atomic E-state index is 0.406. The Bertz CT molecular complexity index is 132. The summed E-state index contributed by atoms with van der Waals surface area (Å²) in [5.41, 5.74) is 0.406. The second kappa shape index (κ2) is 2.05. The van der Waals surface area contributed by atoms with Crippen LogP contribution in [0.2, 0.25) is 0 Å². The van der Waals surface area contributed by atoms with Crippen LogP contribution < -0.4 is 0 Å². The summed E-state index contributed by atoms with van der Waals surface area (Å²) in [7, 11) is 1.75. The lowest BCUT2D eigenvalue weighted by Crippen LogP contribution is -1.99. The first-order chi connectivity index (χ1) is 4.23. The summed E-state index contributed by atoms with van der Waals surface area (Å²) < 4.78 is 5.19. The van der Waals surface area contributed by atoms with E-state index in [2.05, 4.69) is 13.0 Å². The van der Waals surface area contributed by atoms with E-state index in [0.29, 0.717) is 5.41 Å². The van der Waals surface area contributed by atoms with Gasteiger partial charge in [-0.2, -0.15) is 0 Å². The van der Waals surface area contributed by atoms with Crippen LogP contribution in [0.15, 0.2) is 11.8 Å². The molecule has 1 aliphatic rings. The largest absolute Gasteiger partial charge is 0.501 e. The van der Waals surface area contributed by atoms with Crippen molar-refractivity contribution in [1.29, 1.82) is 0 Å². The van der Waals surface area contributed by atoms with Gasteiger partial charge in [0.15, 0.2) is 0 Å². The average Bonchev–Trinajstić information content (AvgIpc) is 2.52. The number of hydrogen-bond donors (Lipinski definition) is 0. The maximum Gasteiger partial charge on any atom is 0.0971 e. The van der Waals surface area contributed by atoms with Gasteiger partial charge >= 0.3 is 0 Å². The van der Waals surface area contributed by atoms with Crippen molar-refractivity contribution in [2.45, 2.75) is 26.7 Å². The maximum atomic E-state index is 5.19. The van der Waals surface area contributed by atoms with Gasteiger partial charge in [-0.05, 0) is 25.8 Å². The molecule has 0 radical (unpaired) electrons. The SMILES string of the molecule is CC=C(OC)C1(C)CC1. The monoisotopic (exact) mass is 126 g/mol. The third-order valence-electron chi connectivity index (χ3n) is 2.08. The van der Waals surface area contributed by atoms with Crippen LogP contribution in [0.1, 0.15) is 26.7 Å². The Balaban J connectivity index is 2.58. The van der Waals surface area contributed by atoms with Gasteiger partial charge in [-0.25, -0.2) is 0 Å². The lowest BCUT2D eigenvalue weighted by molar-refractivity contribution is 0.238. The highest BCUT2D eigenvalue weighted by atomic mass is 16.5. The fourth-order valence-corrected chi connectivity index (χ4v) is 1.15. The highest BCUT2D eigenvalue weighted by Gasteiger charge is 2.41. The van der Waals surface area contributed by atoms with Crippen molar-refractivity contribution >= 4 is 0 Å². The van der Waals surface area contributed by atoms with Crippen LogP contribution in [-0.2, 0) is 4.74 Å². The summed E-state index contributed by atoms with van der Waals surface area (Å²) >= 11 is 0. The predicted octanol–water partition coefficient (Wildman–Crippen LogP) is 2.34. The maximum absolute atomic E-state index is 5.19. The minimum atomic E-state index is 0.406. The Labute approximate surface area is 56.7 Å². The zero-order chi connectivity index (χ0) is 6.91. The van der Waals surface area contributed by atoms with Crippen LogP contribution in [0.3, 0.4) is 0 Å². The Kier molecular flexibility index (Phi) is 1.52. The molecule has 52 valence electrons. The summed E-state index contributed by atoms with van der Waals surface area (Å²) in [5, 5.41) is 0. The lowest BCUT2D eigenvalue weighted by Gasteiger charge is -2.10. The first-order valence-corrected chi connectivity index (χ1v) is 3.44. The second-order valence-electron chi connectivity index (χ2n) is 2.92. The van der Waals surface area contributed by atoms with Crippen molar-refractivity contribution in [3.63, 3.8) is 0 Å². The fourth-order valence-electron chi connectivity index (χ4n) is 1.15. The number of hydrogen-bond acceptors (Lipinski definition) is 1. The molecule has 1 saturated carbocycles. The van der Waals surface area contributed by atoms with Gasteiger partial charge < -0.3 is 4.74 Å². The highest BCUT2D eigenvalue weighted by Crippen LogP contribution is 2.51. The zero-order valence-electron chi connectivity index (χ0n) is 6.40. The van der Waals surface area contributed by atoms with Crippen molar-refractivity contribution < 1.29 is 4.74 Å². The van der Waals surface area contributed by atoms with E-state index in [4.69, 9.17) is 4.74 Å². The quantitative estimate of drug-likeness (QED) is 0.516. The predicted molar refractivity (Wildman–Crippen MR) is 38.1 cm³/mol. The molecule has 1 heteroatoms. The highest BCUT2D eigenvalue weighted by molar-refractivity contribution is 5.13. The van der Waals surface area contributed by atoms with Crippen LogP contribution in [0.5, 0.6) is 0 Å². The molecule has 0 aromatic rings. The van der Waals surface area contributed by atoms with Crippen molar-refractivity contribution in [2.75, 3.05) is 7.11 Å². The molecule has 0 aliphatic heterocycles. The standard InChI is InChI=1S/C8H14O/c1-4-7(9-3)8(2)5-6-8/h4H,5-6H2,1-3H3. The molecule has 0 unspecified atom stereocenters. The van der Waals surface area contributed by atoms with Gasteiger partial charge in [0.1, 0.15) is 0 Å². The van der Waals surface area contributed by atoms with Crippen molar-refractivity contribution in [3.05, 3.63) is 11.8 Å². The van der Waals surface area contributed by atoms with Crippen molar-refractivity contribution in [3.8, 4) is 0 Å². The molecule has 0 aromatic heterocycles. The molecule has 0 heterocycles. The molecular weight excluding hydrogens is 112 g/mol. The zero-order valence-corrected chi connectivity index (χ0v) is 6.40. The van der Waals surface area contributed by atoms with Gasteiger partial charge in [-0.1, -0.05) is 6.92 Å². The van der Waals surface area contributed by atoms with Crippen LogP contribution in [-0.4, -0.2) is 7.11 Å². The molecule has 0 aromatic carbocycles. The normalized spacial score (nSPS) is 23.7. The van der Waals surface area contributed by atoms with E-state index in [9.17, 15) is 0 Å². The first-order valence-electron chi connectivity index (χ1n) is 3.44. The van der Waals surface area contributed by atoms with Crippen LogP contribution in [0, 0.1) is 5.41 Å². The van der Waals surface area contributed by atoms with E-state index in [0.717, 1.165) is 5.76 Å². The lowest BCUT2D eigenvalue weighted by atomic mass is 10.1. The van der Waals surface area contributed by atoms with Crippen LogP contribution in [0.25, 0.3) is 0 Å². The first kappa shape index (κ1) is 6.66. The third kappa shape index (κ3) is 1.09. The fraction of sp³-hybridized carbons (Fsp3) is 0.750. The summed E-state index contributed by atoms with van der Waals surface area (Å²) in [5.74, 6) is 1.16. The Hall–Kier alpha value is -0.460. The molecule has 0 atom stereocenters. The number of ether oxygens (including phenoxy) is 1. The Morgan fingerprint density at radius 2 is 2.11 bits per heavy atom. The molecule has 0 amide bonds. The summed E-state index contributed by atoms with van der Waals surface area (Å²) in [4.78, 5) is 0. The number of methoxy groups -OCH3 is 1. The second-order valence-corrected chi connectivity index (χ2v) is 2.92. The molecule has 0 bridgehead atoms.